The highest BCUT2D eigenvalue weighted by Crippen LogP contribution is 2.30. The van der Waals surface area contributed by atoms with Crippen LogP contribution < -0.4 is 5.32 Å². The monoisotopic (exact) mass is 435 g/mol. The molecular weight excluding hydrogens is 415 g/mol. The second kappa shape index (κ2) is 8.70. The molecule has 32 heavy (non-hydrogen) atoms. The Bertz CT molecular complexity index is 1180. The summed E-state index contributed by atoms with van der Waals surface area (Å²) in [6.07, 6.45) is -3.09. The molecule has 1 heterocycles. The van der Waals surface area contributed by atoms with E-state index < -0.39 is 11.7 Å². The molecule has 4 aromatic rings. The molecule has 0 bridgehead atoms. The first-order valence-electron chi connectivity index (χ1n) is 9.97. The van der Waals surface area contributed by atoms with Crippen LogP contribution in [0.3, 0.4) is 0 Å². The lowest BCUT2D eigenvalue weighted by molar-refractivity contribution is -0.137. The Kier molecular flexibility index (Phi) is 5.81. The first-order valence-corrected chi connectivity index (χ1v) is 9.97. The van der Waals surface area contributed by atoms with Gasteiger partial charge in [0.25, 0.3) is 5.91 Å². The molecule has 0 saturated carbocycles. The van der Waals surface area contributed by atoms with E-state index in [9.17, 15) is 18.0 Å². The van der Waals surface area contributed by atoms with E-state index in [0.29, 0.717) is 11.3 Å². The largest absolute Gasteiger partial charge is 0.416 e. The van der Waals surface area contributed by atoms with Gasteiger partial charge in [0.2, 0.25) is 0 Å². The normalized spacial score (nSPS) is 11.5. The van der Waals surface area contributed by atoms with E-state index in [1.807, 2.05) is 60.7 Å². The maximum atomic E-state index is 13.1. The van der Waals surface area contributed by atoms with Gasteiger partial charge in [0, 0.05) is 0 Å². The predicted molar refractivity (Wildman–Crippen MR) is 115 cm³/mol. The minimum atomic E-state index is -4.46. The predicted octanol–water partition coefficient (Wildman–Crippen LogP) is 5.72. The van der Waals surface area contributed by atoms with Gasteiger partial charge in [0.05, 0.1) is 34.7 Å². The van der Waals surface area contributed by atoms with Crippen molar-refractivity contribution >= 4 is 5.91 Å². The summed E-state index contributed by atoms with van der Waals surface area (Å²) in [7, 11) is 0. The average molecular weight is 435 g/mol. The second-order valence-electron chi connectivity index (χ2n) is 7.33. The van der Waals surface area contributed by atoms with Crippen molar-refractivity contribution < 1.29 is 18.0 Å². The number of aromatic nitrogens is 2. The lowest BCUT2D eigenvalue weighted by Crippen LogP contribution is -2.29. The molecule has 0 spiro atoms. The molecule has 0 unspecified atom stereocenters. The molecule has 0 fully saturated rings. The van der Waals surface area contributed by atoms with Crippen LogP contribution in [-0.4, -0.2) is 15.7 Å². The van der Waals surface area contributed by atoms with Crippen LogP contribution in [0.1, 0.15) is 38.8 Å². The minimum Gasteiger partial charge on any atom is -0.341 e. The van der Waals surface area contributed by atoms with Gasteiger partial charge in [-0.15, -0.1) is 0 Å². The average Bonchev–Trinajstić information content (AvgIpc) is 3.19. The summed E-state index contributed by atoms with van der Waals surface area (Å²) in [5.41, 5.74) is 2.02. The van der Waals surface area contributed by atoms with E-state index in [1.165, 1.54) is 23.0 Å². The van der Waals surface area contributed by atoms with Gasteiger partial charge in [-0.1, -0.05) is 66.7 Å². The topological polar surface area (TPSA) is 46.9 Å². The number of benzene rings is 3. The molecule has 3 aromatic carbocycles. The van der Waals surface area contributed by atoms with Crippen LogP contribution in [0.25, 0.3) is 5.69 Å². The van der Waals surface area contributed by atoms with E-state index >= 15 is 0 Å². The number of halogens is 3. The molecule has 0 saturated heterocycles. The Hall–Kier alpha value is -3.87. The zero-order valence-corrected chi connectivity index (χ0v) is 17.2. The molecule has 7 heteroatoms. The minimum absolute atomic E-state index is 0.235. The number of alkyl halides is 3. The third-order valence-electron chi connectivity index (χ3n) is 5.21. The zero-order valence-electron chi connectivity index (χ0n) is 17.2. The summed E-state index contributed by atoms with van der Waals surface area (Å²) < 4.78 is 40.6. The molecule has 0 radical (unpaired) electrons. The van der Waals surface area contributed by atoms with Gasteiger partial charge in [-0.05, 0) is 36.2 Å². The van der Waals surface area contributed by atoms with Gasteiger partial charge >= 0.3 is 6.18 Å². The number of hydrogen-bond donors (Lipinski definition) is 1. The smallest absolute Gasteiger partial charge is 0.341 e. The molecule has 0 aliphatic heterocycles. The number of rotatable bonds is 5. The summed E-state index contributed by atoms with van der Waals surface area (Å²) in [6, 6.07) is 23.6. The summed E-state index contributed by atoms with van der Waals surface area (Å²) in [5, 5.41) is 7.21. The standard InChI is InChI=1S/C25H20F3N3O/c1-17-22(16-29-31(17)21-14-8-13-20(15-21)25(26,27)28)24(32)30-23(18-9-4-2-5-10-18)19-11-6-3-7-12-19/h2-16,23H,1H3,(H,30,32). The number of nitrogens with zero attached hydrogens (tertiary/aromatic N) is 2. The number of nitrogens with one attached hydrogen (secondary N) is 1. The first kappa shape index (κ1) is 21.4. The fourth-order valence-corrected chi connectivity index (χ4v) is 3.57. The van der Waals surface area contributed by atoms with Gasteiger partial charge in [0.15, 0.2) is 0 Å². The molecule has 1 amide bonds. The van der Waals surface area contributed by atoms with E-state index in [0.717, 1.165) is 23.3 Å². The van der Waals surface area contributed by atoms with Crippen molar-refractivity contribution in [3.8, 4) is 5.69 Å². The van der Waals surface area contributed by atoms with E-state index in [-0.39, 0.29) is 17.6 Å². The van der Waals surface area contributed by atoms with Crippen molar-refractivity contribution in [2.75, 3.05) is 0 Å². The maximum absolute atomic E-state index is 13.1. The summed E-state index contributed by atoms with van der Waals surface area (Å²) in [4.78, 5) is 13.1. The zero-order chi connectivity index (χ0) is 22.7. The van der Waals surface area contributed by atoms with Crippen molar-refractivity contribution in [2.45, 2.75) is 19.1 Å². The molecule has 0 aliphatic carbocycles. The van der Waals surface area contributed by atoms with Gasteiger partial charge in [-0.3, -0.25) is 4.79 Å². The van der Waals surface area contributed by atoms with Gasteiger partial charge < -0.3 is 5.32 Å². The summed E-state index contributed by atoms with van der Waals surface area (Å²) >= 11 is 0. The lowest BCUT2D eigenvalue weighted by atomic mass is 9.98. The van der Waals surface area contributed by atoms with Gasteiger partial charge in [-0.25, -0.2) is 4.68 Å². The molecule has 162 valence electrons. The highest BCUT2D eigenvalue weighted by molar-refractivity contribution is 5.95. The Labute approximate surface area is 183 Å². The van der Waals surface area contributed by atoms with Crippen molar-refractivity contribution in [3.63, 3.8) is 0 Å². The van der Waals surface area contributed by atoms with Crippen LogP contribution in [0, 0.1) is 6.92 Å². The molecule has 1 aromatic heterocycles. The highest BCUT2D eigenvalue weighted by atomic mass is 19.4. The lowest BCUT2D eigenvalue weighted by Gasteiger charge is -2.20. The molecule has 0 aliphatic rings. The Balaban J connectivity index is 1.65. The highest BCUT2D eigenvalue weighted by Gasteiger charge is 2.31. The first-order chi connectivity index (χ1) is 15.3. The fourth-order valence-electron chi connectivity index (χ4n) is 3.57. The quantitative estimate of drug-likeness (QED) is 0.436. The third-order valence-corrected chi connectivity index (χ3v) is 5.21. The van der Waals surface area contributed by atoms with Crippen molar-refractivity contribution in [1.82, 2.24) is 15.1 Å². The molecule has 1 N–H and O–H groups in total. The van der Waals surface area contributed by atoms with Crippen LogP contribution in [0.5, 0.6) is 0 Å². The maximum Gasteiger partial charge on any atom is 0.416 e. The molecular formula is C25H20F3N3O. The van der Waals surface area contributed by atoms with Crippen molar-refractivity contribution in [2.24, 2.45) is 0 Å². The van der Waals surface area contributed by atoms with E-state index in [2.05, 4.69) is 10.4 Å². The van der Waals surface area contributed by atoms with Crippen LogP contribution >= 0.6 is 0 Å². The SMILES string of the molecule is Cc1c(C(=O)NC(c2ccccc2)c2ccccc2)cnn1-c1cccc(C(F)(F)F)c1. The second-order valence-corrected chi connectivity index (χ2v) is 7.33. The molecule has 4 nitrogen and oxygen atoms in total. The number of hydrogen-bond acceptors (Lipinski definition) is 2. The van der Waals surface area contributed by atoms with Gasteiger partial charge in [-0.2, -0.15) is 18.3 Å². The molecule has 4 rings (SSSR count). The van der Waals surface area contributed by atoms with Crippen LogP contribution in [0.2, 0.25) is 0 Å². The Morgan fingerprint density at radius 3 is 2.06 bits per heavy atom. The van der Waals surface area contributed by atoms with Crippen molar-refractivity contribution in [3.05, 3.63) is 119 Å². The van der Waals surface area contributed by atoms with E-state index in [1.54, 1.807) is 6.92 Å². The summed E-state index contributed by atoms with van der Waals surface area (Å²) in [6.45, 7) is 1.65. The number of amides is 1. The van der Waals surface area contributed by atoms with E-state index in [4.69, 9.17) is 0 Å². The summed E-state index contributed by atoms with van der Waals surface area (Å²) in [5.74, 6) is -0.363. The van der Waals surface area contributed by atoms with Gasteiger partial charge in [0.1, 0.15) is 0 Å². The Morgan fingerprint density at radius 1 is 0.906 bits per heavy atom. The number of carbonyl (C=O) groups is 1. The third kappa shape index (κ3) is 4.42. The van der Waals surface area contributed by atoms with Crippen LogP contribution in [-0.2, 0) is 6.18 Å². The van der Waals surface area contributed by atoms with Crippen LogP contribution in [0.4, 0.5) is 13.2 Å². The molecule has 0 atom stereocenters. The van der Waals surface area contributed by atoms with Crippen molar-refractivity contribution in [1.29, 1.82) is 0 Å². The Morgan fingerprint density at radius 2 is 1.50 bits per heavy atom. The number of carbonyl (C=O) groups excluding carboxylic acids is 1. The fraction of sp³-hybridized carbons (Fsp3) is 0.120. The van der Waals surface area contributed by atoms with Crippen LogP contribution in [0.15, 0.2) is 91.1 Å².